The summed E-state index contributed by atoms with van der Waals surface area (Å²) in [5, 5.41) is 3.87. The van der Waals surface area contributed by atoms with Crippen molar-refractivity contribution in [2.45, 2.75) is 26.9 Å². The van der Waals surface area contributed by atoms with Crippen LogP contribution >= 0.6 is 11.6 Å². The van der Waals surface area contributed by atoms with Crippen molar-refractivity contribution in [1.82, 2.24) is 4.98 Å². The van der Waals surface area contributed by atoms with Crippen molar-refractivity contribution >= 4 is 45.9 Å². The molecule has 30 heavy (non-hydrogen) atoms. The third kappa shape index (κ3) is 5.02. The van der Waals surface area contributed by atoms with Gasteiger partial charge in [0.2, 0.25) is 11.7 Å². The van der Waals surface area contributed by atoms with Gasteiger partial charge in [-0.1, -0.05) is 25.4 Å². The third-order valence-electron chi connectivity index (χ3n) is 4.51. The van der Waals surface area contributed by atoms with Crippen LogP contribution < -0.4 is 5.32 Å². The van der Waals surface area contributed by atoms with Crippen LogP contribution in [-0.2, 0) is 9.53 Å². The number of fused-ring (bicyclic) bond motifs is 1. The molecule has 0 bridgehead atoms. The Labute approximate surface area is 179 Å². The van der Waals surface area contributed by atoms with E-state index in [0.717, 1.165) is 5.39 Å². The standard InChI is InChI=1S/C23H21ClN2O4/c1-13(2)22(28)25-18-8-4-15(5-9-18)21(27)14(3)30-23(29)17-6-10-19-16(12-17)7-11-20(24)26-19/h4-14H,1-3H3,(H,25,28). The Balaban J connectivity index is 1.67. The summed E-state index contributed by atoms with van der Waals surface area (Å²) in [6.45, 7) is 5.12. The second-order valence-electron chi connectivity index (χ2n) is 7.17. The zero-order chi connectivity index (χ0) is 21.8. The van der Waals surface area contributed by atoms with Gasteiger partial charge in [0.15, 0.2) is 6.10 Å². The summed E-state index contributed by atoms with van der Waals surface area (Å²) in [5.41, 5.74) is 1.96. The highest BCUT2D eigenvalue weighted by molar-refractivity contribution is 6.29. The van der Waals surface area contributed by atoms with Crippen LogP contribution in [-0.4, -0.2) is 28.7 Å². The van der Waals surface area contributed by atoms with Crippen LogP contribution in [0.3, 0.4) is 0 Å². The second-order valence-corrected chi connectivity index (χ2v) is 7.56. The normalized spacial score (nSPS) is 11.9. The number of anilines is 1. The number of benzene rings is 2. The summed E-state index contributed by atoms with van der Waals surface area (Å²) >= 11 is 5.87. The zero-order valence-electron chi connectivity index (χ0n) is 16.8. The van der Waals surface area contributed by atoms with Crippen LogP contribution in [0.1, 0.15) is 41.5 Å². The molecule has 0 aliphatic rings. The molecule has 0 aliphatic heterocycles. The lowest BCUT2D eigenvalue weighted by Crippen LogP contribution is -2.24. The molecule has 3 aromatic rings. The largest absolute Gasteiger partial charge is 0.451 e. The molecule has 0 saturated carbocycles. The second kappa shape index (κ2) is 9.05. The summed E-state index contributed by atoms with van der Waals surface area (Å²) in [6.07, 6.45) is -0.965. The molecular formula is C23H21ClN2O4. The summed E-state index contributed by atoms with van der Waals surface area (Å²) in [4.78, 5) is 41.0. The zero-order valence-corrected chi connectivity index (χ0v) is 17.6. The number of carbonyl (C=O) groups is 3. The number of aromatic nitrogens is 1. The van der Waals surface area contributed by atoms with E-state index < -0.39 is 12.1 Å². The highest BCUT2D eigenvalue weighted by Crippen LogP contribution is 2.19. The number of carbonyl (C=O) groups excluding carboxylic acids is 3. The first kappa shape index (κ1) is 21.5. The van der Waals surface area contributed by atoms with E-state index in [4.69, 9.17) is 16.3 Å². The number of ketones is 1. The molecule has 0 spiro atoms. The predicted octanol–water partition coefficient (Wildman–Crippen LogP) is 4.91. The quantitative estimate of drug-likeness (QED) is 0.345. The topological polar surface area (TPSA) is 85.4 Å². The van der Waals surface area contributed by atoms with E-state index in [2.05, 4.69) is 10.3 Å². The lowest BCUT2D eigenvalue weighted by molar-refractivity contribution is -0.118. The minimum absolute atomic E-state index is 0.107. The predicted molar refractivity (Wildman–Crippen MR) is 116 cm³/mol. The molecule has 2 aromatic carbocycles. The van der Waals surface area contributed by atoms with Gasteiger partial charge in [-0.25, -0.2) is 9.78 Å². The van der Waals surface area contributed by atoms with Gasteiger partial charge in [-0.3, -0.25) is 9.59 Å². The first-order chi connectivity index (χ1) is 14.2. The number of nitrogens with zero attached hydrogens (tertiary/aromatic N) is 1. The summed E-state index contributed by atoms with van der Waals surface area (Å²) in [7, 11) is 0. The average Bonchev–Trinajstić information content (AvgIpc) is 2.73. The molecule has 0 saturated heterocycles. The molecule has 0 aliphatic carbocycles. The van der Waals surface area contributed by atoms with E-state index in [1.807, 2.05) is 0 Å². The highest BCUT2D eigenvalue weighted by atomic mass is 35.5. The average molecular weight is 425 g/mol. The third-order valence-corrected chi connectivity index (χ3v) is 4.72. The van der Waals surface area contributed by atoms with Crippen molar-refractivity contribution in [2.24, 2.45) is 5.92 Å². The van der Waals surface area contributed by atoms with Crippen LogP contribution in [0.2, 0.25) is 5.15 Å². The van der Waals surface area contributed by atoms with Gasteiger partial charge >= 0.3 is 5.97 Å². The van der Waals surface area contributed by atoms with Crippen LogP contribution in [0.25, 0.3) is 10.9 Å². The Morgan fingerprint density at radius 2 is 1.60 bits per heavy atom. The van der Waals surface area contributed by atoms with Gasteiger partial charge in [0.25, 0.3) is 0 Å². The van der Waals surface area contributed by atoms with Crippen molar-refractivity contribution in [3.63, 3.8) is 0 Å². The molecule has 0 radical (unpaired) electrons. The van der Waals surface area contributed by atoms with Gasteiger partial charge in [0.1, 0.15) is 5.15 Å². The lowest BCUT2D eigenvalue weighted by atomic mass is 10.1. The molecular weight excluding hydrogens is 404 g/mol. The van der Waals surface area contributed by atoms with Crippen LogP contribution in [0, 0.1) is 5.92 Å². The first-order valence-electron chi connectivity index (χ1n) is 9.47. The van der Waals surface area contributed by atoms with Gasteiger partial charge < -0.3 is 10.1 Å². The Kier molecular flexibility index (Phi) is 6.47. The SMILES string of the molecule is CC(C)C(=O)Nc1ccc(C(=O)C(C)OC(=O)c2ccc3nc(Cl)ccc3c2)cc1. The van der Waals surface area contributed by atoms with Gasteiger partial charge in [0.05, 0.1) is 11.1 Å². The first-order valence-corrected chi connectivity index (χ1v) is 9.85. The van der Waals surface area contributed by atoms with Crippen molar-refractivity contribution in [1.29, 1.82) is 0 Å². The maximum absolute atomic E-state index is 12.6. The van der Waals surface area contributed by atoms with Crippen LogP contribution in [0.15, 0.2) is 54.6 Å². The van der Waals surface area contributed by atoms with Crippen molar-refractivity contribution in [2.75, 3.05) is 5.32 Å². The van der Waals surface area contributed by atoms with Gasteiger partial charge in [-0.2, -0.15) is 0 Å². The smallest absolute Gasteiger partial charge is 0.338 e. The fourth-order valence-electron chi connectivity index (χ4n) is 2.75. The minimum Gasteiger partial charge on any atom is -0.451 e. The van der Waals surface area contributed by atoms with E-state index in [0.29, 0.717) is 27.5 Å². The van der Waals surface area contributed by atoms with E-state index in [-0.39, 0.29) is 17.6 Å². The fraction of sp³-hybridized carbons (Fsp3) is 0.217. The van der Waals surface area contributed by atoms with Gasteiger partial charge in [-0.15, -0.1) is 0 Å². The number of pyridine rings is 1. The van der Waals surface area contributed by atoms with Crippen molar-refractivity contribution in [3.8, 4) is 0 Å². The Morgan fingerprint density at radius 1 is 0.933 bits per heavy atom. The summed E-state index contributed by atoms with van der Waals surface area (Å²) < 4.78 is 5.35. The monoisotopic (exact) mass is 424 g/mol. The summed E-state index contributed by atoms with van der Waals surface area (Å²) in [5.74, 6) is -1.19. The van der Waals surface area contributed by atoms with Crippen molar-refractivity contribution < 1.29 is 19.1 Å². The summed E-state index contributed by atoms with van der Waals surface area (Å²) in [6, 6.07) is 14.8. The Hall–Kier alpha value is -3.25. The molecule has 1 aromatic heterocycles. The van der Waals surface area contributed by atoms with Gasteiger partial charge in [-0.05, 0) is 61.5 Å². The molecule has 3 rings (SSSR count). The van der Waals surface area contributed by atoms with E-state index in [1.54, 1.807) is 68.4 Å². The fourth-order valence-corrected chi connectivity index (χ4v) is 2.90. The molecule has 1 heterocycles. The minimum atomic E-state index is -0.965. The number of nitrogens with one attached hydrogen (secondary N) is 1. The van der Waals surface area contributed by atoms with E-state index >= 15 is 0 Å². The number of amides is 1. The lowest BCUT2D eigenvalue weighted by Gasteiger charge is -2.13. The molecule has 1 amide bonds. The maximum Gasteiger partial charge on any atom is 0.338 e. The Bertz CT molecular complexity index is 1110. The van der Waals surface area contributed by atoms with Crippen LogP contribution in [0.5, 0.6) is 0 Å². The highest BCUT2D eigenvalue weighted by Gasteiger charge is 2.21. The molecule has 1 unspecified atom stereocenters. The number of hydrogen-bond donors (Lipinski definition) is 1. The molecule has 1 atom stereocenters. The van der Waals surface area contributed by atoms with E-state index in [1.165, 1.54) is 6.92 Å². The number of Topliss-reactive ketones (excluding diaryl/α,β-unsaturated/α-hetero) is 1. The number of ether oxygens (including phenoxy) is 1. The van der Waals surface area contributed by atoms with Crippen molar-refractivity contribution in [3.05, 3.63) is 70.9 Å². The number of hydrogen-bond acceptors (Lipinski definition) is 5. The van der Waals surface area contributed by atoms with Crippen LogP contribution in [0.4, 0.5) is 5.69 Å². The molecule has 154 valence electrons. The molecule has 6 nitrogen and oxygen atoms in total. The number of rotatable bonds is 6. The van der Waals surface area contributed by atoms with Gasteiger partial charge in [0, 0.05) is 22.6 Å². The maximum atomic E-state index is 12.6. The molecule has 0 fully saturated rings. The Morgan fingerprint density at radius 3 is 2.27 bits per heavy atom. The number of halogens is 1. The molecule has 1 N–H and O–H groups in total. The number of esters is 1. The van der Waals surface area contributed by atoms with E-state index in [9.17, 15) is 14.4 Å². The molecule has 7 heteroatoms.